The zero-order chi connectivity index (χ0) is 32.3. The Labute approximate surface area is 278 Å². The molecule has 4 nitrogen and oxygen atoms in total. The van der Waals surface area contributed by atoms with Gasteiger partial charge in [0.1, 0.15) is 0 Å². The van der Waals surface area contributed by atoms with Crippen LogP contribution in [0.4, 0.5) is 0 Å². The Morgan fingerprint density at radius 2 is 1.72 bits per heavy atom. The largest absolute Gasteiger partial charge is 0.478 e. The predicted octanol–water partition coefficient (Wildman–Crippen LogP) is 10.3. The normalized spacial score (nSPS) is 37.7. The maximum Gasteiger partial charge on any atom is 0.337 e. The summed E-state index contributed by atoms with van der Waals surface area (Å²) in [7, 11) is 0. The highest BCUT2D eigenvalue weighted by atomic mass is 16.4. The Morgan fingerprint density at radius 3 is 2.50 bits per heavy atom. The number of nitrogens with one attached hydrogen (secondary N) is 1. The van der Waals surface area contributed by atoms with Crippen molar-refractivity contribution in [3.05, 3.63) is 71.6 Å². The van der Waals surface area contributed by atoms with E-state index in [1.165, 1.54) is 95.2 Å². The molecule has 0 saturated heterocycles. The highest BCUT2D eigenvalue weighted by molar-refractivity contribution is 5.87. The van der Waals surface area contributed by atoms with Crippen molar-refractivity contribution in [1.29, 1.82) is 0 Å². The van der Waals surface area contributed by atoms with Crippen LogP contribution in [0.25, 0.3) is 5.70 Å². The van der Waals surface area contributed by atoms with E-state index in [1.807, 2.05) is 0 Å². The maximum absolute atomic E-state index is 11.1. The fraction of sp³-hybridized carbons (Fsp3) is 0.667. The van der Waals surface area contributed by atoms with Gasteiger partial charge in [-0.25, -0.2) is 4.79 Å². The minimum atomic E-state index is -0.952. The van der Waals surface area contributed by atoms with Crippen LogP contribution in [-0.4, -0.2) is 16.1 Å². The third-order valence-electron chi connectivity index (χ3n) is 15.2. The Balaban J connectivity index is 1.01. The molecule has 7 rings (SSSR count). The summed E-state index contributed by atoms with van der Waals surface area (Å²) < 4.78 is 0. The van der Waals surface area contributed by atoms with Crippen molar-refractivity contribution in [2.75, 3.05) is 0 Å². The van der Waals surface area contributed by atoms with Gasteiger partial charge in [-0.05, 0) is 158 Å². The number of carboxylic acid groups (broad SMARTS) is 1. The second kappa shape index (κ2) is 11.8. The molecule has 0 amide bonds. The second-order valence-electron chi connectivity index (χ2n) is 17.6. The summed E-state index contributed by atoms with van der Waals surface area (Å²) >= 11 is 0. The number of hydrogen-bond acceptors (Lipinski definition) is 3. The van der Waals surface area contributed by atoms with Gasteiger partial charge in [0.15, 0.2) is 0 Å². The van der Waals surface area contributed by atoms with E-state index in [-0.39, 0.29) is 5.56 Å². The molecule has 248 valence electrons. The van der Waals surface area contributed by atoms with Crippen LogP contribution < -0.4 is 5.32 Å². The molecule has 46 heavy (non-hydrogen) atoms. The van der Waals surface area contributed by atoms with E-state index in [4.69, 9.17) is 5.11 Å². The molecule has 5 aliphatic carbocycles. The number of carbonyl (C=O) groups is 1. The van der Waals surface area contributed by atoms with Gasteiger partial charge in [0.2, 0.25) is 0 Å². The predicted molar refractivity (Wildman–Crippen MR) is 187 cm³/mol. The first kappa shape index (κ1) is 32.0. The molecule has 1 aromatic heterocycles. The summed E-state index contributed by atoms with van der Waals surface area (Å²) in [6, 6.07) is 12.3. The minimum absolute atomic E-state index is 0.208. The average molecular weight is 623 g/mol. The summed E-state index contributed by atoms with van der Waals surface area (Å²) in [5.41, 5.74) is 6.61. The second-order valence-corrected chi connectivity index (χ2v) is 17.6. The zero-order valence-electron chi connectivity index (χ0n) is 29.0. The van der Waals surface area contributed by atoms with Gasteiger partial charge < -0.3 is 10.4 Å². The highest BCUT2D eigenvalue weighted by Gasteiger charge is 2.65. The van der Waals surface area contributed by atoms with Gasteiger partial charge in [0.25, 0.3) is 0 Å². The number of fused-ring (bicyclic) bond motifs is 7. The third-order valence-corrected chi connectivity index (χ3v) is 15.2. The number of aromatic nitrogens is 1. The topological polar surface area (TPSA) is 62.2 Å². The van der Waals surface area contributed by atoms with Crippen LogP contribution in [0.1, 0.15) is 138 Å². The van der Waals surface area contributed by atoms with E-state index < -0.39 is 5.97 Å². The van der Waals surface area contributed by atoms with E-state index in [0.29, 0.717) is 28.2 Å². The molecular formula is C42H58N2O2. The van der Waals surface area contributed by atoms with Crippen LogP contribution in [0.5, 0.6) is 0 Å². The molecule has 0 bridgehead atoms. The molecule has 5 aliphatic rings. The van der Waals surface area contributed by atoms with Crippen LogP contribution in [0, 0.1) is 51.2 Å². The first-order chi connectivity index (χ1) is 22.0. The van der Waals surface area contributed by atoms with Gasteiger partial charge in [0, 0.05) is 11.9 Å². The van der Waals surface area contributed by atoms with Crippen molar-refractivity contribution in [3.8, 4) is 0 Å². The molecule has 2 N–H and O–H groups in total. The van der Waals surface area contributed by atoms with Crippen LogP contribution >= 0.6 is 0 Å². The average Bonchev–Trinajstić information content (AvgIpc) is 3.47. The Morgan fingerprint density at radius 1 is 0.870 bits per heavy atom. The number of hydrogen-bond donors (Lipinski definition) is 2. The van der Waals surface area contributed by atoms with Crippen LogP contribution in [-0.2, 0) is 13.0 Å². The van der Waals surface area contributed by atoms with Crippen molar-refractivity contribution in [2.45, 2.75) is 124 Å². The van der Waals surface area contributed by atoms with Crippen LogP contribution in [0.15, 0.2) is 49.2 Å². The zero-order valence-corrected chi connectivity index (χ0v) is 29.0. The monoisotopic (exact) mass is 622 g/mol. The van der Waals surface area contributed by atoms with Crippen LogP contribution in [0.3, 0.4) is 0 Å². The van der Waals surface area contributed by atoms with E-state index >= 15 is 0 Å². The Hall–Kier alpha value is -2.62. The molecular weight excluding hydrogens is 564 g/mol. The SMILES string of the molecule is C=C(NCc1ccc(C(=O)O)cn1)c1cccc(CCC23CCCC2C2CCC4C(C)(CCC5C(C)(C)CCCC54C)C2CC3)c1. The quantitative estimate of drug-likeness (QED) is 0.307. The highest BCUT2D eigenvalue weighted by Crippen LogP contribution is 2.73. The molecule has 1 aromatic carbocycles. The van der Waals surface area contributed by atoms with Gasteiger partial charge in [-0.3, -0.25) is 4.98 Å². The molecule has 4 heteroatoms. The van der Waals surface area contributed by atoms with E-state index in [2.05, 4.69) is 68.8 Å². The fourth-order valence-electron chi connectivity index (χ4n) is 13.1. The lowest BCUT2D eigenvalue weighted by molar-refractivity contribution is -0.195. The number of carboxylic acids is 1. The summed E-state index contributed by atoms with van der Waals surface area (Å²) in [6.07, 6.45) is 21.5. The first-order valence-electron chi connectivity index (χ1n) is 18.7. The minimum Gasteiger partial charge on any atom is -0.478 e. The molecule has 0 spiro atoms. The number of benzene rings is 1. The maximum atomic E-state index is 11.1. The van der Waals surface area contributed by atoms with Gasteiger partial charge in [-0.15, -0.1) is 0 Å². The summed E-state index contributed by atoms with van der Waals surface area (Å²) in [5, 5.41) is 12.5. The molecule has 8 atom stereocenters. The van der Waals surface area contributed by atoms with Crippen molar-refractivity contribution in [2.24, 2.45) is 51.2 Å². The lowest BCUT2D eigenvalue weighted by atomic mass is 9.36. The van der Waals surface area contributed by atoms with Crippen molar-refractivity contribution in [3.63, 3.8) is 0 Å². The fourth-order valence-corrected chi connectivity index (χ4v) is 13.1. The smallest absolute Gasteiger partial charge is 0.337 e. The van der Waals surface area contributed by atoms with E-state index in [0.717, 1.165) is 53.0 Å². The van der Waals surface area contributed by atoms with Crippen molar-refractivity contribution in [1.82, 2.24) is 10.3 Å². The van der Waals surface area contributed by atoms with Crippen molar-refractivity contribution < 1.29 is 9.90 Å². The molecule has 5 saturated carbocycles. The lowest BCUT2D eigenvalue weighted by Gasteiger charge is -2.68. The van der Waals surface area contributed by atoms with E-state index in [1.54, 1.807) is 12.1 Å². The Bertz CT molecular complexity index is 1460. The number of pyridine rings is 1. The van der Waals surface area contributed by atoms with Gasteiger partial charge in [-0.2, -0.15) is 0 Å². The van der Waals surface area contributed by atoms with Gasteiger partial charge in [0.05, 0.1) is 17.8 Å². The summed E-state index contributed by atoms with van der Waals surface area (Å²) in [6.45, 7) is 15.6. The first-order valence-corrected chi connectivity index (χ1v) is 18.7. The van der Waals surface area contributed by atoms with Gasteiger partial charge >= 0.3 is 5.97 Å². The lowest BCUT2D eigenvalue weighted by Crippen LogP contribution is -2.61. The standard InChI is InChI=1S/C42H58N2O2/c1-28(43-27-32-13-12-31(26-44-32)38(45)46)30-10-6-9-29(25-30)16-23-42-21-7-11-35(42)33-14-15-37-40(4,34(33)17-24-42)22-18-36-39(2,3)19-8-20-41(36,37)5/h6,9-10,12-13,25-26,33-37,43H,1,7-8,11,14-24,27H2,2-5H3,(H,45,46). The Kier molecular flexibility index (Phi) is 8.21. The molecule has 5 fully saturated rings. The molecule has 8 unspecified atom stereocenters. The number of nitrogens with zero attached hydrogens (tertiary/aromatic N) is 1. The number of aryl methyl sites for hydroxylation is 1. The molecule has 0 aliphatic heterocycles. The van der Waals surface area contributed by atoms with E-state index in [9.17, 15) is 4.79 Å². The molecule has 2 aromatic rings. The third kappa shape index (κ3) is 5.34. The molecule has 0 radical (unpaired) electrons. The number of rotatable bonds is 8. The van der Waals surface area contributed by atoms with Gasteiger partial charge in [-0.1, -0.05) is 65.3 Å². The number of aromatic carboxylic acids is 1. The van der Waals surface area contributed by atoms with Crippen LogP contribution in [0.2, 0.25) is 0 Å². The van der Waals surface area contributed by atoms with Crippen molar-refractivity contribution >= 4 is 11.7 Å². The summed E-state index contributed by atoms with van der Waals surface area (Å²) in [4.78, 5) is 15.4. The molecule has 1 heterocycles. The summed E-state index contributed by atoms with van der Waals surface area (Å²) in [5.74, 6) is 3.71.